The molecule has 5 nitrogen and oxygen atoms in total. The van der Waals surface area contributed by atoms with Crippen LogP contribution in [-0.4, -0.2) is 17.8 Å². The molecule has 3 rings (SSSR count). The van der Waals surface area contributed by atoms with Crippen LogP contribution in [0, 0.1) is 13.8 Å². The molecule has 0 saturated heterocycles. The smallest absolute Gasteiger partial charge is 0.263 e. The van der Waals surface area contributed by atoms with E-state index < -0.39 is 10.0 Å². The Morgan fingerprint density at radius 3 is 2.62 bits per heavy atom. The van der Waals surface area contributed by atoms with Crippen molar-refractivity contribution in [1.29, 1.82) is 0 Å². The van der Waals surface area contributed by atoms with Crippen molar-refractivity contribution in [1.82, 2.24) is 9.38 Å². The maximum absolute atomic E-state index is 12.4. The van der Waals surface area contributed by atoms with Gasteiger partial charge in [0.15, 0.2) is 5.82 Å². The SMILES string of the molecule is Cc1ccc(S(=O)(=O)Nc2cn3ccccc3n2)cc1C. The molecule has 0 saturated carbocycles. The lowest BCUT2D eigenvalue weighted by molar-refractivity contribution is 0.601. The first-order valence-electron chi connectivity index (χ1n) is 6.49. The van der Waals surface area contributed by atoms with E-state index in [4.69, 9.17) is 0 Å². The normalized spacial score (nSPS) is 11.7. The van der Waals surface area contributed by atoms with Crippen molar-refractivity contribution in [3.63, 3.8) is 0 Å². The van der Waals surface area contributed by atoms with E-state index >= 15 is 0 Å². The van der Waals surface area contributed by atoms with Crippen molar-refractivity contribution < 1.29 is 8.42 Å². The van der Waals surface area contributed by atoms with E-state index in [1.807, 2.05) is 38.2 Å². The lowest BCUT2D eigenvalue weighted by Crippen LogP contribution is -2.13. The summed E-state index contributed by atoms with van der Waals surface area (Å²) < 4.78 is 29.0. The summed E-state index contributed by atoms with van der Waals surface area (Å²) in [6.45, 7) is 3.83. The number of anilines is 1. The number of imidazole rings is 1. The first-order valence-corrected chi connectivity index (χ1v) is 7.98. The van der Waals surface area contributed by atoms with Crippen LogP contribution in [0.5, 0.6) is 0 Å². The Morgan fingerprint density at radius 1 is 1.10 bits per heavy atom. The van der Waals surface area contributed by atoms with Gasteiger partial charge >= 0.3 is 0 Å². The second kappa shape index (κ2) is 4.89. The fraction of sp³-hybridized carbons (Fsp3) is 0.133. The van der Waals surface area contributed by atoms with Crippen molar-refractivity contribution in [3.05, 3.63) is 59.9 Å². The Kier molecular flexibility index (Phi) is 3.17. The predicted octanol–water partition coefficient (Wildman–Crippen LogP) is 2.75. The molecule has 0 unspecified atom stereocenters. The summed E-state index contributed by atoms with van der Waals surface area (Å²) in [6.07, 6.45) is 3.46. The summed E-state index contributed by atoms with van der Waals surface area (Å²) in [5.41, 5.74) is 2.69. The summed E-state index contributed by atoms with van der Waals surface area (Å²) in [6, 6.07) is 10.6. The Bertz CT molecular complexity index is 881. The third kappa shape index (κ3) is 2.62. The van der Waals surface area contributed by atoms with Crippen LogP contribution in [0.4, 0.5) is 5.82 Å². The van der Waals surface area contributed by atoms with Crippen LogP contribution in [0.15, 0.2) is 53.7 Å². The van der Waals surface area contributed by atoms with Crippen LogP contribution in [-0.2, 0) is 10.0 Å². The summed E-state index contributed by atoms with van der Waals surface area (Å²) in [5.74, 6) is 0.305. The Balaban J connectivity index is 1.96. The van der Waals surface area contributed by atoms with Crippen LogP contribution in [0.25, 0.3) is 5.65 Å². The topological polar surface area (TPSA) is 63.5 Å². The molecule has 2 aromatic heterocycles. The van der Waals surface area contributed by atoms with Gasteiger partial charge in [0.05, 0.1) is 11.1 Å². The predicted molar refractivity (Wildman–Crippen MR) is 81.9 cm³/mol. The van der Waals surface area contributed by atoms with Crippen molar-refractivity contribution in [2.24, 2.45) is 0 Å². The summed E-state index contributed by atoms with van der Waals surface area (Å²) >= 11 is 0. The van der Waals surface area contributed by atoms with Crippen molar-refractivity contribution in [3.8, 4) is 0 Å². The number of nitrogens with zero attached hydrogens (tertiary/aromatic N) is 2. The molecule has 0 aliphatic rings. The zero-order valence-electron chi connectivity index (χ0n) is 11.7. The van der Waals surface area contributed by atoms with Crippen LogP contribution < -0.4 is 4.72 Å². The largest absolute Gasteiger partial charge is 0.305 e. The molecule has 0 aliphatic heterocycles. The van der Waals surface area contributed by atoms with Gasteiger partial charge in [-0.25, -0.2) is 13.4 Å². The van der Waals surface area contributed by atoms with Crippen LogP contribution in [0.2, 0.25) is 0 Å². The van der Waals surface area contributed by atoms with Crippen molar-refractivity contribution >= 4 is 21.5 Å². The number of fused-ring (bicyclic) bond motifs is 1. The number of hydrogen-bond acceptors (Lipinski definition) is 3. The summed E-state index contributed by atoms with van der Waals surface area (Å²) in [5, 5.41) is 0. The van der Waals surface area contributed by atoms with Crippen LogP contribution in [0.3, 0.4) is 0 Å². The van der Waals surface area contributed by atoms with Gasteiger partial charge in [-0.1, -0.05) is 12.1 Å². The molecular weight excluding hydrogens is 286 g/mol. The molecule has 1 aromatic carbocycles. The van der Waals surface area contributed by atoms with Crippen molar-refractivity contribution in [2.75, 3.05) is 4.72 Å². The van der Waals surface area contributed by atoms with Gasteiger partial charge < -0.3 is 4.40 Å². The maximum Gasteiger partial charge on any atom is 0.263 e. The average molecular weight is 301 g/mol. The highest BCUT2D eigenvalue weighted by molar-refractivity contribution is 7.92. The molecule has 1 N–H and O–H groups in total. The monoisotopic (exact) mass is 301 g/mol. The number of nitrogens with one attached hydrogen (secondary N) is 1. The molecule has 0 bridgehead atoms. The molecule has 0 fully saturated rings. The molecule has 0 radical (unpaired) electrons. The molecule has 0 atom stereocenters. The minimum Gasteiger partial charge on any atom is -0.305 e. The third-order valence-corrected chi connectivity index (χ3v) is 4.74. The molecule has 108 valence electrons. The summed E-state index contributed by atoms with van der Waals surface area (Å²) in [7, 11) is -3.63. The van der Waals surface area contributed by atoms with Gasteiger partial charge in [-0.15, -0.1) is 0 Å². The van der Waals surface area contributed by atoms with Gasteiger partial charge in [-0.2, -0.15) is 0 Å². The third-order valence-electron chi connectivity index (χ3n) is 3.39. The van der Waals surface area contributed by atoms with E-state index in [1.165, 1.54) is 0 Å². The first-order chi connectivity index (χ1) is 9.95. The second-order valence-corrected chi connectivity index (χ2v) is 6.63. The maximum atomic E-state index is 12.4. The van der Waals surface area contributed by atoms with E-state index in [9.17, 15) is 8.42 Å². The van der Waals surface area contributed by atoms with Gasteiger partial charge in [-0.05, 0) is 49.2 Å². The molecule has 0 spiro atoms. The Labute approximate surface area is 123 Å². The fourth-order valence-corrected chi connectivity index (χ4v) is 3.13. The summed E-state index contributed by atoms with van der Waals surface area (Å²) in [4.78, 5) is 4.47. The molecule has 0 aliphatic carbocycles. The molecule has 6 heteroatoms. The number of aromatic nitrogens is 2. The van der Waals surface area contributed by atoms with Gasteiger partial charge in [-0.3, -0.25) is 4.72 Å². The lowest BCUT2D eigenvalue weighted by Gasteiger charge is -2.07. The van der Waals surface area contributed by atoms with E-state index in [-0.39, 0.29) is 4.90 Å². The molecule has 3 aromatic rings. The minimum absolute atomic E-state index is 0.239. The number of rotatable bonds is 3. The highest BCUT2D eigenvalue weighted by atomic mass is 32.2. The zero-order valence-corrected chi connectivity index (χ0v) is 12.6. The number of sulfonamides is 1. The molecule has 0 amide bonds. The highest BCUT2D eigenvalue weighted by Gasteiger charge is 2.16. The Morgan fingerprint density at radius 2 is 1.90 bits per heavy atom. The number of hydrogen-bond donors (Lipinski definition) is 1. The van der Waals surface area contributed by atoms with Gasteiger partial charge in [0.2, 0.25) is 0 Å². The second-order valence-electron chi connectivity index (χ2n) is 4.94. The van der Waals surface area contributed by atoms with Crippen LogP contribution in [0.1, 0.15) is 11.1 Å². The van der Waals surface area contributed by atoms with E-state index in [2.05, 4.69) is 9.71 Å². The molecule has 2 heterocycles. The Hall–Kier alpha value is -2.34. The average Bonchev–Trinajstić information content (AvgIpc) is 2.82. The fourth-order valence-electron chi connectivity index (χ4n) is 2.06. The molecular formula is C15H15N3O2S. The molecule has 21 heavy (non-hydrogen) atoms. The van der Waals surface area contributed by atoms with Crippen LogP contribution >= 0.6 is 0 Å². The van der Waals surface area contributed by atoms with Gasteiger partial charge in [0, 0.05) is 6.20 Å². The standard InChI is InChI=1S/C15H15N3O2S/c1-11-6-7-13(9-12(11)2)21(19,20)17-14-10-18-8-4-3-5-15(18)16-14/h3-10,17H,1-2H3. The zero-order chi connectivity index (χ0) is 15.0. The minimum atomic E-state index is -3.63. The first kappa shape index (κ1) is 13.6. The van der Waals surface area contributed by atoms with Gasteiger partial charge in [0.1, 0.15) is 5.65 Å². The van der Waals surface area contributed by atoms with Gasteiger partial charge in [0.25, 0.3) is 10.0 Å². The van der Waals surface area contributed by atoms with E-state index in [0.29, 0.717) is 11.5 Å². The number of pyridine rings is 1. The van der Waals surface area contributed by atoms with Crippen molar-refractivity contribution in [2.45, 2.75) is 18.7 Å². The van der Waals surface area contributed by atoms with E-state index in [1.54, 1.807) is 28.8 Å². The lowest BCUT2D eigenvalue weighted by atomic mass is 10.1. The quantitative estimate of drug-likeness (QED) is 0.809. The number of benzene rings is 1. The van der Waals surface area contributed by atoms with E-state index in [0.717, 1.165) is 11.1 Å². The highest BCUT2D eigenvalue weighted by Crippen LogP contribution is 2.18. The number of aryl methyl sites for hydroxylation is 2.